The molecule has 1 aromatic carbocycles. The van der Waals surface area contributed by atoms with Crippen LogP contribution in [-0.4, -0.2) is 15.9 Å². The lowest BCUT2D eigenvalue weighted by Crippen LogP contribution is -2.22. The summed E-state index contributed by atoms with van der Waals surface area (Å²) in [7, 11) is 0. The number of rotatable bonds is 5. The molecule has 2 fully saturated rings. The van der Waals surface area contributed by atoms with Crippen molar-refractivity contribution in [1.82, 2.24) is 9.97 Å². The van der Waals surface area contributed by atoms with E-state index in [1.54, 1.807) is 0 Å². The predicted octanol–water partition coefficient (Wildman–Crippen LogP) is 5.47. The highest BCUT2D eigenvalue weighted by molar-refractivity contribution is 5.90. The van der Waals surface area contributed by atoms with Crippen LogP contribution in [0.25, 0.3) is 11.3 Å². The average Bonchev–Trinajstić information content (AvgIpc) is 3.28. The van der Waals surface area contributed by atoms with E-state index in [-0.39, 0.29) is 5.91 Å². The van der Waals surface area contributed by atoms with Crippen LogP contribution in [0.2, 0.25) is 0 Å². The van der Waals surface area contributed by atoms with Gasteiger partial charge in [-0.25, -0.2) is 9.97 Å². The lowest BCUT2D eigenvalue weighted by molar-refractivity contribution is -0.117. The molecule has 5 nitrogen and oxygen atoms in total. The van der Waals surface area contributed by atoms with Crippen LogP contribution in [0, 0.1) is 11.8 Å². The summed E-state index contributed by atoms with van der Waals surface area (Å²) in [6.07, 6.45) is 14.6. The number of nitrogen functional groups attached to an aromatic ring is 1. The number of hydrogen-bond donors (Lipinski definition) is 2. The summed E-state index contributed by atoms with van der Waals surface area (Å²) in [5.41, 5.74) is 12.2. The van der Waals surface area contributed by atoms with Crippen molar-refractivity contribution >= 4 is 17.4 Å². The summed E-state index contributed by atoms with van der Waals surface area (Å²) in [6, 6.07) is 6.10. The predicted molar refractivity (Wildman–Crippen MR) is 125 cm³/mol. The van der Waals surface area contributed by atoms with E-state index >= 15 is 0 Å². The average molecular weight is 419 g/mol. The molecule has 0 aliphatic heterocycles. The molecule has 5 rings (SSSR count). The zero-order valence-electron chi connectivity index (χ0n) is 18.5. The minimum Gasteiger partial charge on any atom is -0.399 e. The van der Waals surface area contributed by atoms with Crippen LogP contribution in [0.15, 0.2) is 18.2 Å². The zero-order valence-corrected chi connectivity index (χ0v) is 18.5. The van der Waals surface area contributed by atoms with Gasteiger partial charge in [0.15, 0.2) is 5.82 Å². The van der Waals surface area contributed by atoms with Crippen molar-refractivity contribution in [2.45, 2.75) is 83.5 Å². The van der Waals surface area contributed by atoms with Gasteiger partial charge in [-0.05, 0) is 61.6 Å². The number of benzene rings is 1. The van der Waals surface area contributed by atoms with Crippen molar-refractivity contribution in [3.63, 3.8) is 0 Å². The van der Waals surface area contributed by atoms with Gasteiger partial charge in [0.2, 0.25) is 5.91 Å². The van der Waals surface area contributed by atoms with Crippen molar-refractivity contribution in [3.05, 3.63) is 35.2 Å². The Labute approximate surface area is 185 Å². The Morgan fingerprint density at radius 2 is 1.71 bits per heavy atom. The highest BCUT2D eigenvalue weighted by Crippen LogP contribution is 2.36. The third kappa shape index (κ3) is 4.60. The van der Waals surface area contributed by atoms with E-state index in [4.69, 9.17) is 15.7 Å². The van der Waals surface area contributed by atoms with Crippen LogP contribution in [0.3, 0.4) is 0 Å². The van der Waals surface area contributed by atoms with Crippen molar-refractivity contribution < 1.29 is 4.79 Å². The number of fused-ring (bicyclic) bond motifs is 3. The summed E-state index contributed by atoms with van der Waals surface area (Å²) >= 11 is 0. The molecule has 3 aliphatic carbocycles. The fourth-order valence-electron chi connectivity index (χ4n) is 5.77. The topological polar surface area (TPSA) is 80.9 Å². The second-order valence-electron chi connectivity index (χ2n) is 9.84. The van der Waals surface area contributed by atoms with Crippen LogP contribution in [-0.2, 0) is 24.1 Å². The molecule has 0 saturated heterocycles. The first-order chi connectivity index (χ1) is 15.2. The Morgan fingerprint density at radius 1 is 0.968 bits per heavy atom. The molecule has 1 amide bonds. The van der Waals surface area contributed by atoms with Crippen LogP contribution in [0.1, 0.15) is 81.2 Å². The lowest BCUT2D eigenvalue weighted by atomic mass is 9.87. The number of nitrogens with one attached hydrogen (secondary N) is 1. The molecule has 0 bridgehead atoms. The quantitative estimate of drug-likeness (QED) is 0.631. The van der Waals surface area contributed by atoms with Gasteiger partial charge in [0.1, 0.15) is 0 Å². The molecule has 3 aliphatic rings. The second kappa shape index (κ2) is 8.97. The Balaban J connectivity index is 1.43. The van der Waals surface area contributed by atoms with Gasteiger partial charge < -0.3 is 11.1 Å². The Morgan fingerprint density at radius 3 is 2.52 bits per heavy atom. The van der Waals surface area contributed by atoms with Crippen molar-refractivity contribution in [2.24, 2.45) is 11.8 Å². The number of hydrogen-bond acceptors (Lipinski definition) is 4. The van der Waals surface area contributed by atoms with E-state index in [9.17, 15) is 4.79 Å². The molecular weight excluding hydrogens is 384 g/mol. The number of aromatic nitrogens is 2. The first kappa shape index (κ1) is 20.5. The van der Waals surface area contributed by atoms with E-state index in [0.717, 1.165) is 47.6 Å². The van der Waals surface area contributed by atoms with Crippen LogP contribution in [0.5, 0.6) is 0 Å². The summed E-state index contributed by atoms with van der Waals surface area (Å²) in [5.74, 6) is 1.99. The van der Waals surface area contributed by atoms with E-state index in [1.807, 2.05) is 6.07 Å². The third-order valence-electron chi connectivity index (χ3n) is 7.47. The summed E-state index contributed by atoms with van der Waals surface area (Å²) in [5, 5.41) is 3.18. The maximum absolute atomic E-state index is 12.9. The van der Waals surface area contributed by atoms with Crippen molar-refractivity contribution in [3.8, 4) is 11.3 Å². The number of aryl methyl sites for hydroxylation is 2. The first-order valence-corrected chi connectivity index (χ1v) is 12.2. The fourth-order valence-corrected chi connectivity index (χ4v) is 5.77. The molecule has 2 aromatic rings. The minimum atomic E-state index is 0.109. The number of carbonyl (C=O) groups is 1. The van der Waals surface area contributed by atoms with Crippen molar-refractivity contribution in [2.75, 3.05) is 11.1 Å². The summed E-state index contributed by atoms with van der Waals surface area (Å²) in [4.78, 5) is 23.0. The molecule has 0 radical (unpaired) electrons. The highest BCUT2D eigenvalue weighted by atomic mass is 16.1. The van der Waals surface area contributed by atoms with Gasteiger partial charge in [-0.3, -0.25) is 4.79 Å². The van der Waals surface area contributed by atoms with Crippen LogP contribution in [0.4, 0.5) is 11.5 Å². The van der Waals surface area contributed by atoms with E-state index < -0.39 is 0 Å². The summed E-state index contributed by atoms with van der Waals surface area (Å²) < 4.78 is 0. The number of nitrogens with two attached hydrogens (primary N) is 1. The van der Waals surface area contributed by atoms with Gasteiger partial charge in [0.25, 0.3) is 0 Å². The molecule has 3 N–H and O–H groups in total. The smallest absolute Gasteiger partial charge is 0.225 e. The van der Waals surface area contributed by atoms with E-state index in [2.05, 4.69) is 17.4 Å². The van der Waals surface area contributed by atoms with Gasteiger partial charge in [0.05, 0.1) is 17.1 Å². The molecule has 5 heteroatoms. The molecule has 2 saturated carbocycles. The zero-order chi connectivity index (χ0) is 21.2. The molecule has 31 heavy (non-hydrogen) atoms. The van der Waals surface area contributed by atoms with Gasteiger partial charge in [-0.15, -0.1) is 0 Å². The van der Waals surface area contributed by atoms with Gasteiger partial charge >= 0.3 is 0 Å². The largest absolute Gasteiger partial charge is 0.399 e. The monoisotopic (exact) mass is 418 g/mol. The SMILES string of the molecule is Nc1ccc2c(c1)CCc1nc(NC(=O)CC3CCCCC3)c(CC3CCCC3)nc1-2. The van der Waals surface area contributed by atoms with Crippen LogP contribution < -0.4 is 11.1 Å². The van der Waals surface area contributed by atoms with Gasteiger partial charge in [0, 0.05) is 17.7 Å². The third-order valence-corrected chi connectivity index (χ3v) is 7.47. The molecule has 0 unspecified atom stereocenters. The standard InChI is InChI=1S/C26H34N4O/c27-20-11-12-21-19(16-20)10-13-22-25(21)28-23(14-17-8-4-5-9-17)26(29-22)30-24(31)15-18-6-2-1-3-7-18/h11-12,16-18H,1-10,13-15,27H2,(H,29,30,31). The van der Waals surface area contributed by atoms with E-state index in [0.29, 0.717) is 24.1 Å². The van der Waals surface area contributed by atoms with Crippen molar-refractivity contribution in [1.29, 1.82) is 0 Å². The summed E-state index contributed by atoms with van der Waals surface area (Å²) in [6.45, 7) is 0. The number of carbonyl (C=O) groups excluding carboxylic acids is 1. The molecule has 0 spiro atoms. The number of anilines is 2. The first-order valence-electron chi connectivity index (χ1n) is 12.2. The molecule has 164 valence electrons. The Bertz CT molecular complexity index is 958. The maximum atomic E-state index is 12.9. The number of nitrogens with zero attached hydrogens (tertiary/aromatic N) is 2. The van der Waals surface area contributed by atoms with E-state index in [1.165, 1.54) is 63.4 Å². The Kier molecular flexibility index (Phi) is 5.93. The maximum Gasteiger partial charge on any atom is 0.225 e. The van der Waals surface area contributed by atoms with Gasteiger partial charge in [-0.2, -0.15) is 0 Å². The fraction of sp³-hybridized carbons (Fsp3) is 0.577. The second-order valence-corrected chi connectivity index (χ2v) is 9.84. The molecular formula is C26H34N4O. The molecule has 1 heterocycles. The normalized spacial score (nSPS) is 19.1. The van der Waals surface area contributed by atoms with Gasteiger partial charge in [-0.1, -0.05) is 51.0 Å². The highest BCUT2D eigenvalue weighted by Gasteiger charge is 2.26. The molecule has 0 atom stereocenters. The minimum absolute atomic E-state index is 0.109. The lowest BCUT2D eigenvalue weighted by Gasteiger charge is -2.23. The number of amides is 1. The van der Waals surface area contributed by atoms with Crippen LogP contribution >= 0.6 is 0 Å². The Hall–Kier alpha value is -2.43. The molecule has 1 aromatic heterocycles.